The zero-order valence-electron chi connectivity index (χ0n) is 22.1. The lowest BCUT2D eigenvalue weighted by Gasteiger charge is -2.40. The molecule has 2 aliphatic heterocycles. The second-order valence-electron chi connectivity index (χ2n) is 11.1. The van der Waals surface area contributed by atoms with Crippen molar-refractivity contribution in [1.82, 2.24) is 29.3 Å². The number of rotatable bonds is 4. The molecule has 0 N–H and O–H groups in total. The number of carbonyl (C=O) groups is 1. The van der Waals surface area contributed by atoms with Crippen LogP contribution < -0.4 is 4.90 Å². The average Bonchev–Trinajstić information content (AvgIpc) is 3.67. The van der Waals surface area contributed by atoms with E-state index in [2.05, 4.69) is 44.3 Å². The van der Waals surface area contributed by atoms with E-state index in [1.165, 1.54) is 0 Å². The number of aromatic nitrogens is 5. The Balaban J connectivity index is 1.24. The molecule has 194 valence electrons. The number of nitriles is 1. The van der Waals surface area contributed by atoms with Gasteiger partial charge in [0.15, 0.2) is 0 Å². The minimum Gasteiger partial charge on any atom is -0.357 e. The van der Waals surface area contributed by atoms with Crippen LogP contribution in [0.5, 0.6) is 0 Å². The number of hydrogen-bond donors (Lipinski definition) is 0. The lowest BCUT2D eigenvalue weighted by Crippen LogP contribution is -2.43. The summed E-state index contributed by atoms with van der Waals surface area (Å²) in [5.74, 6) is 1.30. The van der Waals surface area contributed by atoms with Gasteiger partial charge in [0, 0.05) is 80.0 Å². The molecule has 38 heavy (non-hydrogen) atoms. The Hall–Kier alpha value is -4.19. The summed E-state index contributed by atoms with van der Waals surface area (Å²) in [6.07, 6.45) is 12.5. The molecule has 9 nitrogen and oxygen atoms in total. The second kappa shape index (κ2) is 9.28. The van der Waals surface area contributed by atoms with Crippen molar-refractivity contribution in [3.63, 3.8) is 0 Å². The fraction of sp³-hybridized carbons (Fsp3) is 0.414. The molecule has 0 saturated carbocycles. The first-order valence-corrected chi connectivity index (χ1v) is 13.3. The molecule has 1 amide bonds. The monoisotopic (exact) mass is 508 g/mol. The Kier molecular flexibility index (Phi) is 5.90. The van der Waals surface area contributed by atoms with Crippen LogP contribution in [0.2, 0.25) is 0 Å². The van der Waals surface area contributed by atoms with Gasteiger partial charge in [0.05, 0.1) is 23.5 Å². The van der Waals surface area contributed by atoms with Gasteiger partial charge in [-0.05, 0) is 42.9 Å². The molecule has 6 heterocycles. The van der Waals surface area contributed by atoms with Gasteiger partial charge in [0.2, 0.25) is 5.91 Å². The van der Waals surface area contributed by atoms with Crippen molar-refractivity contribution in [2.45, 2.75) is 33.1 Å². The van der Waals surface area contributed by atoms with Gasteiger partial charge in [-0.15, -0.1) is 0 Å². The summed E-state index contributed by atoms with van der Waals surface area (Å²) in [4.78, 5) is 21.8. The minimum absolute atomic E-state index is 0.0611. The number of hydrogen-bond acceptors (Lipinski definition) is 6. The third kappa shape index (κ3) is 4.20. The van der Waals surface area contributed by atoms with E-state index in [9.17, 15) is 10.1 Å². The fourth-order valence-electron chi connectivity index (χ4n) is 5.99. The summed E-state index contributed by atoms with van der Waals surface area (Å²) < 4.78 is 3.54. The molecule has 0 unspecified atom stereocenters. The van der Waals surface area contributed by atoms with Crippen molar-refractivity contribution >= 4 is 17.2 Å². The Morgan fingerprint density at radius 1 is 1.00 bits per heavy atom. The van der Waals surface area contributed by atoms with Crippen LogP contribution in [0.1, 0.15) is 38.7 Å². The first-order valence-electron chi connectivity index (χ1n) is 13.3. The largest absolute Gasteiger partial charge is 0.357 e. The molecule has 1 spiro atoms. The van der Waals surface area contributed by atoms with Crippen LogP contribution in [0.4, 0.5) is 5.82 Å². The number of fused-ring (bicyclic) bond motifs is 1. The normalized spacial score (nSPS) is 17.0. The zero-order valence-corrected chi connectivity index (χ0v) is 22.1. The highest BCUT2D eigenvalue weighted by molar-refractivity contribution is 5.87. The quantitative estimate of drug-likeness (QED) is 0.411. The van der Waals surface area contributed by atoms with Crippen molar-refractivity contribution in [2.24, 2.45) is 18.4 Å². The molecule has 0 aliphatic carbocycles. The highest BCUT2D eigenvalue weighted by Crippen LogP contribution is 2.41. The lowest BCUT2D eigenvalue weighted by molar-refractivity contribution is -0.133. The molecule has 0 aromatic carbocycles. The van der Waals surface area contributed by atoms with Gasteiger partial charge in [-0.3, -0.25) is 9.48 Å². The van der Waals surface area contributed by atoms with E-state index in [4.69, 9.17) is 4.98 Å². The molecule has 2 aliphatic rings. The third-order valence-corrected chi connectivity index (χ3v) is 8.22. The molecular formula is C29H32N8O. The maximum Gasteiger partial charge on any atom is 0.225 e. The van der Waals surface area contributed by atoms with Crippen molar-refractivity contribution in [1.29, 1.82) is 5.26 Å². The number of aryl methyl sites for hydroxylation is 1. The first kappa shape index (κ1) is 24.2. The van der Waals surface area contributed by atoms with Crippen LogP contribution in [-0.2, 0) is 11.8 Å². The van der Waals surface area contributed by atoms with E-state index in [-0.39, 0.29) is 17.2 Å². The molecule has 9 heteroatoms. The predicted molar refractivity (Wildman–Crippen MR) is 145 cm³/mol. The van der Waals surface area contributed by atoms with E-state index in [1.807, 2.05) is 45.7 Å². The Labute approximate surface area is 222 Å². The Bertz CT molecular complexity index is 1530. The van der Waals surface area contributed by atoms with Crippen LogP contribution in [0, 0.1) is 22.7 Å². The summed E-state index contributed by atoms with van der Waals surface area (Å²) in [5.41, 5.74) is 5.36. The maximum absolute atomic E-state index is 12.5. The second-order valence-corrected chi connectivity index (χ2v) is 11.1. The van der Waals surface area contributed by atoms with Crippen LogP contribution in [0.3, 0.4) is 0 Å². The maximum atomic E-state index is 12.5. The molecule has 2 fully saturated rings. The molecule has 0 radical (unpaired) electrons. The number of amides is 1. The van der Waals surface area contributed by atoms with E-state index >= 15 is 0 Å². The van der Waals surface area contributed by atoms with Gasteiger partial charge in [0.1, 0.15) is 11.9 Å². The van der Waals surface area contributed by atoms with E-state index < -0.39 is 0 Å². The number of nitrogens with zero attached hydrogens (tertiary/aromatic N) is 8. The van der Waals surface area contributed by atoms with Crippen LogP contribution >= 0.6 is 0 Å². The van der Waals surface area contributed by atoms with Gasteiger partial charge in [-0.1, -0.05) is 13.8 Å². The molecule has 4 aromatic rings. The van der Waals surface area contributed by atoms with Crippen LogP contribution in [0.25, 0.3) is 27.8 Å². The molecule has 0 bridgehead atoms. The van der Waals surface area contributed by atoms with Crippen molar-refractivity contribution in [3.8, 4) is 28.3 Å². The molecule has 2 saturated heterocycles. The summed E-state index contributed by atoms with van der Waals surface area (Å²) in [7, 11) is 1.89. The number of carbonyl (C=O) groups excluding carboxylic acids is 1. The number of anilines is 1. The Morgan fingerprint density at radius 2 is 1.79 bits per heavy atom. The van der Waals surface area contributed by atoms with Crippen LogP contribution in [-0.4, -0.2) is 61.4 Å². The van der Waals surface area contributed by atoms with E-state index in [0.717, 1.165) is 79.0 Å². The lowest BCUT2D eigenvalue weighted by atomic mass is 9.78. The zero-order chi connectivity index (χ0) is 26.4. The predicted octanol–water partition coefficient (Wildman–Crippen LogP) is 4.14. The van der Waals surface area contributed by atoms with Crippen molar-refractivity contribution in [2.75, 3.05) is 31.1 Å². The summed E-state index contributed by atoms with van der Waals surface area (Å²) in [6.45, 7) is 7.63. The molecule has 4 aromatic heterocycles. The number of piperidine rings is 1. The first-order chi connectivity index (χ1) is 18.4. The molecule has 6 rings (SSSR count). The summed E-state index contributed by atoms with van der Waals surface area (Å²) in [5, 5.41) is 18.4. The van der Waals surface area contributed by atoms with Gasteiger partial charge < -0.3 is 9.80 Å². The summed E-state index contributed by atoms with van der Waals surface area (Å²) in [6, 6.07) is 8.52. The molecule has 0 atom stereocenters. The molecular weight excluding hydrogens is 476 g/mol. The van der Waals surface area contributed by atoms with Crippen molar-refractivity contribution in [3.05, 3.63) is 54.7 Å². The van der Waals surface area contributed by atoms with Crippen molar-refractivity contribution < 1.29 is 4.79 Å². The van der Waals surface area contributed by atoms with Gasteiger partial charge in [-0.25, -0.2) is 9.50 Å². The van der Waals surface area contributed by atoms with Gasteiger partial charge >= 0.3 is 0 Å². The highest BCUT2D eigenvalue weighted by Gasteiger charge is 2.42. The number of pyridine rings is 2. The van der Waals surface area contributed by atoms with Crippen LogP contribution in [0.15, 0.2) is 49.2 Å². The number of likely N-dealkylation sites (tertiary alicyclic amines) is 1. The van der Waals surface area contributed by atoms with Gasteiger partial charge in [-0.2, -0.15) is 15.5 Å². The smallest absolute Gasteiger partial charge is 0.225 e. The standard InChI is InChI=1S/C29H32N8O/c1-20(2)28(38)36-11-8-29(19-36)6-9-35(10-7-29)26-5-4-21(14-31-26)25-12-22(24-16-32-34(3)17-24)18-37-27(25)23(13-30)15-33-37/h4-5,12,14-18,20H,6-11,19H2,1-3H3. The van der Waals surface area contributed by atoms with E-state index in [1.54, 1.807) is 15.4 Å². The third-order valence-electron chi connectivity index (χ3n) is 8.22. The average molecular weight is 509 g/mol. The van der Waals surface area contributed by atoms with E-state index in [0.29, 0.717) is 5.56 Å². The Morgan fingerprint density at radius 3 is 2.45 bits per heavy atom. The summed E-state index contributed by atoms with van der Waals surface area (Å²) >= 11 is 0. The topological polar surface area (TPSA) is 95.4 Å². The minimum atomic E-state index is 0.0611. The van der Waals surface area contributed by atoms with Gasteiger partial charge in [0.25, 0.3) is 0 Å². The fourth-order valence-corrected chi connectivity index (χ4v) is 5.99. The SMILES string of the molecule is CC(C)C(=O)N1CCC2(CCN(c3ccc(-c4cc(-c5cnn(C)c5)cn5ncc(C#N)c45)cn3)CC2)C1. The highest BCUT2D eigenvalue weighted by atomic mass is 16.2.